The average molecular weight is 203 g/mol. The van der Waals surface area contributed by atoms with E-state index in [1.165, 1.54) is 12.8 Å². The number of alkyl carbamates (subject to hydrolysis) is 1. The summed E-state index contributed by atoms with van der Waals surface area (Å²) < 4.78 is 5.18. The van der Waals surface area contributed by atoms with Crippen LogP contribution in [0, 0.1) is 0 Å². The van der Waals surface area contributed by atoms with Crippen molar-refractivity contribution < 1.29 is 9.53 Å². The minimum atomic E-state index is -0.325. The van der Waals surface area contributed by atoms with Crippen LogP contribution >= 0.6 is 12.6 Å². The predicted octanol–water partition coefficient (Wildman–Crippen LogP) is 2.32. The fourth-order valence-electron chi connectivity index (χ4n) is 1.43. The quantitative estimate of drug-likeness (QED) is 0.545. The first kappa shape index (κ1) is 10.7. The molecule has 0 aromatic carbocycles. The number of ether oxygens (including phenoxy) is 1. The van der Waals surface area contributed by atoms with E-state index in [4.69, 9.17) is 4.74 Å². The Morgan fingerprint density at radius 3 is 2.77 bits per heavy atom. The molecule has 0 bridgehead atoms. The summed E-state index contributed by atoms with van der Waals surface area (Å²) in [7, 11) is 0. The second-order valence-electron chi connectivity index (χ2n) is 3.38. The van der Waals surface area contributed by atoms with Gasteiger partial charge >= 0.3 is 6.09 Å². The first-order valence-corrected chi connectivity index (χ1v) is 5.39. The largest absolute Gasteiger partial charge is 0.446 e. The van der Waals surface area contributed by atoms with Crippen molar-refractivity contribution in [3.63, 3.8) is 0 Å². The van der Waals surface area contributed by atoms with E-state index in [1.54, 1.807) is 0 Å². The van der Waals surface area contributed by atoms with E-state index in [1.807, 2.05) is 6.92 Å². The number of thiol groups is 1. The summed E-state index contributed by atoms with van der Waals surface area (Å²) >= 11 is 4.15. The summed E-state index contributed by atoms with van der Waals surface area (Å²) in [6.07, 6.45) is 4.99. The third-order valence-corrected chi connectivity index (χ3v) is 2.74. The van der Waals surface area contributed by atoms with Crippen LogP contribution in [0.25, 0.3) is 0 Å². The summed E-state index contributed by atoms with van der Waals surface area (Å²) in [4.78, 5) is 11.2. The van der Waals surface area contributed by atoms with E-state index in [2.05, 4.69) is 17.9 Å². The van der Waals surface area contributed by atoms with Gasteiger partial charge in [0.25, 0.3) is 0 Å². The minimum Gasteiger partial charge on any atom is -0.446 e. The molecule has 76 valence electrons. The summed E-state index contributed by atoms with van der Waals surface area (Å²) in [5.74, 6) is 0. The van der Waals surface area contributed by atoms with Crippen molar-refractivity contribution in [3.8, 4) is 0 Å². The fourth-order valence-corrected chi connectivity index (χ4v) is 1.54. The number of carbonyl (C=O) groups excluding carboxylic acids is 1. The predicted molar refractivity (Wildman–Crippen MR) is 54.9 cm³/mol. The third-order valence-electron chi connectivity index (χ3n) is 2.25. The lowest BCUT2D eigenvalue weighted by Crippen LogP contribution is -2.33. The topological polar surface area (TPSA) is 38.3 Å². The number of hydrogen-bond acceptors (Lipinski definition) is 3. The molecule has 1 N–H and O–H groups in total. The van der Waals surface area contributed by atoms with Crippen molar-refractivity contribution in [2.45, 2.75) is 50.5 Å². The van der Waals surface area contributed by atoms with Gasteiger partial charge in [-0.1, -0.05) is 6.92 Å². The zero-order chi connectivity index (χ0) is 9.68. The molecule has 1 amide bonds. The van der Waals surface area contributed by atoms with E-state index >= 15 is 0 Å². The highest BCUT2D eigenvalue weighted by Crippen LogP contribution is 2.20. The van der Waals surface area contributed by atoms with Crippen LogP contribution in [-0.4, -0.2) is 17.6 Å². The van der Waals surface area contributed by atoms with E-state index in [0.29, 0.717) is 0 Å². The summed E-state index contributed by atoms with van der Waals surface area (Å²) in [6.45, 7) is 1.97. The molecule has 0 saturated heterocycles. The van der Waals surface area contributed by atoms with Gasteiger partial charge in [0.15, 0.2) is 0 Å². The highest BCUT2D eigenvalue weighted by Gasteiger charge is 2.19. The van der Waals surface area contributed by atoms with Gasteiger partial charge in [0, 0.05) is 0 Å². The summed E-state index contributed by atoms with van der Waals surface area (Å²) in [5, 5.41) is 2.57. The van der Waals surface area contributed by atoms with Crippen LogP contribution in [0.3, 0.4) is 0 Å². The molecule has 1 fully saturated rings. The molecule has 0 aromatic rings. The van der Waals surface area contributed by atoms with Crippen LogP contribution in [0.4, 0.5) is 4.79 Å². The van der Waals surface area contributed by atoms with Crippen LogP contribution in [0.15, 0.2) is 0 Å². The zero-order valence-electron chi connectivity index (χ0n) is 7.95. The highest BCUT2D eigenvalue weighted by molar-refractivity contribution is 7.80. The Labute approximate surface area is 84.6 Å². The molecular formula is C9H17NO2S. The fraction of sp³-hybridized carbons (Fsp3) is 0.889. The van der Waals surface area contributed by atoms with Crippen molar-refractivity contribution in [1.29, 1.82) is 0 Å². The number of carbonyl (C=O) groups is 1. The van der Waals surface area contributed by atoms with Gasteiger partial charge in [-0.2, -0.15) is 12.6 Å². The third kappa shape index (κ3) is 3.89. The molecule has 1 atom stereocenters. The van der Waals surface area contributed by atoms with Gasteiger partial charge in [0.2, 0.25) is 0 Å². The summed E-state index contributed by atoms with van der Waals surface area (Å²) in [6, 6.07) is 0. The Kier molecular flexibility index (Phi) is 4.42. The lowest BCUT2D eigenvalue weighted by atomic mass is 10.3. The molecule has 1 rings (SSSR count). The molecule has 13 heavy (non-hydrogen) atoms. The summed E-state index contributed by atoms with van der Waals surface area (Å²) in [5.41, 5.74) is 0. The Morgan fingerprint density at radius 2 is 2.23 bits per heavy atom. The number of rotatable bonds is 3. The van der Waals surface area contributed by atoms with Crippen molar-refractivity contribution >= 4 is 18.7 Å². The Balaban J connectivity index is 2.16. The van der Waals surface area contributed by atoms with E-state index in [-0.39, 0.29) is 17.6 Å². The lowest BCUT2D eigenvalue weighted by molar-refractivity contribution is 0.100. The molecule has 0 aromatic heterocycles. The van der Waals surface area contributed by atoms with Crippen LogP contribution in [-0.2, 0) is 4.74 Å². The number of hydrogen-bond donors (Lipinski definition) is 2. The SMILES string of the molecule is CCC(S)NC(=O)OC1CCCC1. The maximum atomic E-state index is 11.2. The molecule has 1 saturated carbocycles. The molecule has 1 unspecified atom stereocenters. The number of nitrogens with one attached hydrogen (secondary N) is 1. The monoisotopic (exact) mass is 203 g/mol. The first-order valence-electron chi connectivity index (χ1n) is 4.87. The average Bonchev–Trinajstić information content (AvgIpc) is 2.56. The molecule has 1 aliphatic carbocycles. The Morgan fingerprint density at radius 1 is 1.62 bits per heavy atom. The smallest absolute Gasteiger partial charge is 0.408 e. The maximum Gasteiger partial charge on any atom is 0.408 e. The second-order valence-corrected chi connectivity index (χ2v) is 4.00. The van der Waals surface area contributed by atoms with Gasteiger partial charge in [-0.05, 0) is 32.1 Å². The Bertz CT molecular complexity index is 169. The molecule has 1 aliphatic rings. The van der Waals surface area contributed by atoms with E-state index < -0.39 is 0 Å². The minimum absolute atomic E-state index is 0.0890. The second kappa shape index (κ2) is 5.37. The van der Waals surface area contributed by atoms with Gasteiger partial charge in [0.05, 0.1) is 5.37 Å². The lowest BCUT2D eigenvalue weighted by Gasteiger charge is -2.14. The van der Waals surface area contributed by atoms with Crippen molar-refractivity contribution in [3.05, 3.63) is 0 Å². The maximum absolute atomic E-state index is 11.2. The molecule has 4 heteroatoms. The first-order chi connectivity index (χ1) is 6.22. The zero-order valence-corrected chi connectivity index (χ0v) is 8.85. The number of amides is 1. The van der Waals surface area contributed by atoms with Crippen molar-refractivity contribution in [1.82, 2.24) is 5.32 Å². The molecular weight excluding hydrogens is 186 g/mol. The van der Waals surface area contributed by atoms with Crippen LogP contribution in [0.1, 0.15) is 39.0 Å². The standard InChI is InChI=1S/C9H17NO2S/c1-2-8(13)10-9(11)12-7-5-3-4-6-7/h7-8,13H,2-6H2,1H3,(H,10,11). The molecule has 0 aliphatic heterocycles. The normalized spacial score (nSPS) is 19.8. The van der Waals surface area contributed by atoms with Gasteiger partial charge in [-0.25, -0.2) is 4.79 Å². The van der Waals surface area contributed by atoms with Crippen LogP contribution < -0.4 is 5.32 Å². The van der Waals surface area contributed by atoms with Gasteiger partial charge in [-0.3, -0.25) is 0 Å². The van der Waals surface area contributed by atoms with Gasteiger partial charge in [-0.15, -0.1) is 0 Å². The van der Waals surface area contributed by atoms with E-state index in [0.717, 1.165) is 19.3 Å². The van der Waals surface area contributed by atoms with Crippen molar-refractivity contribution in [2.24, 2.45) is 0 Å². The highest BCUT2D eigenvalue weighted by atomic mass is 32.1. The van der Waals surface area contributed by atoms with Crippen LogP contribution in [0.2, 0.25) is 0 Å². The van der Waals surface area contributed by atoms with Crippen LogP contribution in [0.5, 0.6) is 0 Å². The van der Waals surface area contributed by atoms with Gasteiger partial charge < -0.3 is 10.1 Å². The molecule has 0 radical (unpaired) electrons. The molecule has 0 spiro atoms. The molecule has 3 nitrogen and oxygen atoms in total. The Hall–Kier alpha value is -0.380. The van der Waals surface area contributed by atoms with Crippen molar-refractivity contribution in [2.75, 3.05) is 0 Å². The van der Waals surface area contributed by atoms with Gasteiger partial charge in [0.1, 0.15) is 6.10 Å². The van der Waals surface area contributed by atoms with E-state index in [9.17, 15) is 4.79 Å². The molecule has 0 heterocycles.